The number of hydrogen-bond acceptors (Lipinski definition) is 5. The van der Waals surface area contributed by atoms with Gasteiger partial charge in [0.25, 0.3) is 11.6 Å². The topological polar surface area (TPSA) is 81.9 Å². The first kappa shape index (κ1) is 17.3. The summed E-state index contributed by atoms with van der Waals surface area (Å²) >= 11 is 0. The molecule has 2 aromatic rings. The van der Waals surface area contributed by atoms with Crippen LogP contribution in [-0.4, -0.2) is 35.5 Å². The lowest BCUT2D eigenvalue weighted by molar-refractivity contribution is -0.385. The molecule has 0 saturated carbocycles. The number of rotatable bonds is 3. The molecule has 7 heteroatoms. The normalized spacial score (nSPS) is 18.4. The van der Waals surface area contributed by atoms with E-state index in [1.54, 1.807) is 13.0 Å². The van der Waals surface area contributed by atoms with Crippen LogP contribution in [0.25, 0.3) is 0 Å². The summed E-state index contributed by atoms with van der Waals surface area (Å²) in [7, 11) is 0. The maximum Gasteiger partial charge on any atom is 0.272 e. The minimum atomic E-state index is -0.433. The number of carbonyl (C=O) groups is 1. The maximum atomic E-state index is 13.1. The van der Waals surface area contributed by atoms with Crippen molar-refractivity contribution in [1.29, 1.82) is 0 Å². The second-order valence-electron chi connectivity index (χ2n) is 6.82. The Morgan fingerprint density at radius 3 is 2.67 bits per heavy atom. The van der Waals surface area contributed by atoms with Gasteiger partial charge >= 0.3 is 0 Å². The van der Waals surface area contributed by atoms with Crippen molar-refractivity contribution in [2.75, 3.05) is 19.8 Å². The number of fused-ring (bicyclic) bond motifs is 1. The predicted molar refractivity (Wildman–Crippen MR) is 98.3 cm³/mol. The maximum absolute atomic E-state index is 13.1. The molecule has 2 aliphatic rings. The molecule has 0 unspecified atom stereocenters. The van der Waals surface area contributed by atoms with Crippen molar-refractivity contribution in [2.24, 2.45) is 0 Å². The third-order valence-corrected chi connectivity index (χ3v) is 5.11. The van der Waals surface area contributed by atoms with E-state index in [1.807, 2.05) is 23.1 Å². The molecule has 0 spiro atoms. The van der Waals surface area contributed by atoms with Gasteiger partial charge in [0.15, 0.2) is 11.5 Å². The highest BCUT2D eigenvalue weighted by molar-refractivity contribution is 5.95. The van der Waals surface area contributed by atoms with Gasteiger partial charge in [-0.15, -0.1) is 0 Å². The molecule has 2 heterocycles. The van der Waals surface area contributed by atoms with Gasteiger partial charge in [-0.25, -0.2) is 0 Å². The van der Waals surface area contributed by atoms with Crippen LogP contribution in [0.2, 0.25) is 0 Å². The Balaban J connectivity index is 1.60. The van der Waals surface area contributed by atoms with Gasteiger partial charge in [-0.2, -0.15) is 0 Å². The first-order valence-corrected chi connectivity index (χ1v) is 9.00. The largest absolute Gasteiger partial charge is 0.486 e. The molecule has 2 aliphatic heterocycles. The molecule has 0 radical (unpaired) electrons. The number of likely N-dealkylation sites (tertiary alicyclic amines) is 1. The highest BCUT2D eigenvalue weighted by Gasteiger charge is 2.32. The number of benzene rings is 2. The Labute approximate surface area is 156 Å². The van der Waals surface area contributed by atoms with Crippen LogP contribution in [0.15, 0.2) is 36.4 Å². The van der Waals surface area contributed by atoms with E-state index in [-0.39, 0.29) is 17.6 Å². The predicted octanol–water partition coefficient (Wildman–Crippen LogP) is 3.65. The Bertz CT molecular complexity index is 911. The van der Waals surface area contributed by atoms with Gasteiger partial charge in [-0.05, 0) is 49.6 Å². The molecule has 1 atom stereocenters. The Hall–Kier alpha value is -3.09. The van der Waals surface area contributed by atoms with Gasteiger partial charge in [0.05, 0.1) is 11.0 Å². The number of amides is 1. The van der Waals surface area contributed by atoms with E-state index in [4.69, 9.17) is 9.47 Å². The third kappa shape index (κ3) is 3.20. The zero-order valence-electron chi connectivity index (χ0n) is 15.0. The average molecular weight is 368 g/mol. The minimum Gasteiger partial charge on any atom is -0.486 e. The van der Waals surface area contributed by atoms with Crippen molar-refractivity contribution in [1.82, 2.24) is 4.90 Å². The lowest BCUT2D eigenvalue weighted by Gasteiger charge is -2.27. The quantitative estimate of drug-likeness (QED) is 0.610. The summed E-state index contributed by atoms with van der Waals surface area (Å²) in [6.45, 7) is 3.37. The summed E-state index contributed by atoms with van der Waals surface area (Å²) in [6.07, 6.45) is 1.79. The standard InChI is InChI=1S/C20H20N2O5/c1-13-11-15(4-6-16(13)22(24)25)20(23)21-8-2-3-17(21)14-5-7-18-19(12-14)27-10-9-26-18/h4-7,11-12,17H,2-3,8-10H2,1H3/t17-/m1/s1. The molecular weight excluding hydrogens is 348 g/mol. The molecule has 27 heavy (non-hydrogen) atoms. The van der Waals surface area contributed by atoms with Crippen LogP contribution in [-0.2, 0) is 0 Å². The monoisotopic (exact) mass is 368 g/mol. The summed E-state index contributed by atoms with van der Waals surface area (Å²) in [4.78, 5) is 25.5. The molecule has 140 valence electrons. The van der Waals surface area contributed by atoms with E-state index in [0.717, 1.165) is 24.2 Å². The van der Waals surface area contributed by atoms with Crippen molar-refractivity contribution in [2.45, 2.75) is 25.8 Å². The summed E-state index contributed by atoms with van der Waals surface area (Å²) in [5.41, 5.74) is 2.00. The number of carbonyl (C=O) groups excluding carboxylic acids is 1. The fraction of sp³-hybridized carbons (Fsp3) is 0.350. The first-order chi connectivity index (χ1) is 13.0. The van der Waals surface area contributed by atoms with Crippen molar-refractivity contribution in [3.05, 3.63) is 63.2 Å². The molecule has 1 amide bonds. The summed E-state index contributed by atoms with van der Waals surface area (Å²) in [5, 5.41) is 11.0. The van der Waals surface area contributed by atoms with Crippen LogP contribution in [0.5, 0.6) is 11.5 Å². The van der Waals surface area contributed by atoms with E-state index in [0.29, 0.717) is 36.6 Å². The number of hydrogen-bond donors (Lipinski definition) is 0. The van der Waals surface area contributed by atoms with Gasteiger partial charge in [0.1, 0.15) is 13.2 Å². The van der Waals surface area contributed by atoms with Crippen molar-refractivity contribution in [3.63, 3.8) is 0 Å². The molecular formula is C20H20N2O5. The summed E-state index contributed by atoms with van der Waals surface area (Å²) in [5.74, 6) is 1.33. The van der Waals surface area contributed by atoms with Gasteiger partial charge in [-0.1, -0.05) is 6.07 Å². The Morgan fingerprint density at radius 1 is 1.15 bits per heavy atom. The van der Waals surface area contributed by atoms with Gasteiger partial charge < -0.3 is 14.4 Å². The summed E-state index contributed by atoms with van der Waals surface area (Å²) in [6, 6.07) is 10.3. The van der Waals surface area contributed by atoms with Crippen LogP contribution in [0.4, 0.5) is 5.69 Å². The van der Waals surface area contributed by atoms with E-state index in [9.17, 15) is 14.9 Å². The number of ether oxygens (including phenoxy) is 2. The van der Waals surface area contributed by atoms with Crippen LogP contribution in [0.3, 0.4) is 0 Å². The number of nitro benzene ring substituents is 1. The highest BCUT2D eigenvalue weighted by atomic mass is 16.6. The average Bonchev–Trinajstić information content (AvgIpc) is 3.16. The first-order valence-electron chi connectivity index (χ1n) is 9.00. The second-order valence-corrected chi connectivity index (χ2v) is 6.82. The second kappa shape index (κ2) is 6.90. The summed E-state index contributed by atoms with van der Waals surface area (Å²) < 4.78 is 11.2. The molecule has 7 nitrogen and oxygen atoms in total. The zero-order chi connectivity index (χ0) is 19.0. The molecule has 0 aliphatic carbocycles. The third-order valence-electron chi connectivity index (χ3n) is 5.11. The molecule has 0 N–H and O–H groups in total. The SMILES string of the molecule is Cc1cc(C(=O)N2CCC[C@@H]2c2ccc3c(c2)OCCO3)ccc1[N+](=O)[O-]. The van der Waals surface area contributed by atoms with Crippen LogP contribution in [0.1, 0.15) is 40.4 Å². The van der Waals surface area contributed by atoms with Crippen molar-refractivity contribution in [3.8, 4) is 11.5 Å². The van der Waals surface area contributed by atoms with E-state index < -0.39 is 4.92 Å². The molecule has 0 bridgehead atoms. The zero-order valence-corrected chi connectivity index (χ0v) is 15.0. The Kier molecular flexibility index (Phi) is 4.43. The van der Waals surface area contributed by atoms with E-state index in [2.05, 4.69) is 0 Å². The number of aryl methyl sites for hydroxylation is 1. The molecule has 0 aromatic heterocycles. The van der Waals surface area contributed by atoms with Crippen molar-refractivity contribution >= 4 is 11.6 Å². The molecule has 4 rings (SSSR count). The van der Waals surface area contributed by atoms with Gasteiger partial charge in [-0.3, -0.25) is 14.9 Å². The number of nitro groups is 1. The van der Waals surface area contributed by atoms with E-state index in [1.165, 1.54) is 12.1 Å². The fourth-order valence-corrected chi connectivity index (χ4v) is 3.78. The van der Waals surface area contributed by atoms with Crippen LogP contribution in [0, 0.1) is 17.0 Å². The molecule has 2 aromatic carbocycles. The van der Waals surface area contributed by atoms with E-state index >= 15 is 0 Å². The lowest BCUT2D eigenvalue weighted by Crippen LogP contribution is -2.30. The number of nitrogens with zero attached hydrogens (tertiary/aromatic N) is 2. The van der Waals surface area contributed by atoms with Gasteiger partial charge in [0, 0.05) is 23.7 Å². The smallest absolute Gasteiger partial charge is 0.272 e. The fourth-order valence-electron chi connectivity index (χ4n) is 3.78. The molecule has 1 fully saturated rings. The van der Waals surface area contributed by atoms with Gasteiger partial charge in [0.2, 0.25) is 0 Å². The van der Waals surface area contributed by atoms with Crippen LogP contribution < -0.4 is 9.47 Å². The molecule has 1 saturated heterocycles. The lowest BCUT2D eigenvalue weighted by atomic mass is 10.0. The Morgan fingerprint density at radius 2 is 1.93 bits per heavy atom. The highest BCUT2D eigenvalue weighted by Crippen LogP contribution is 2.38. The minimum absolute atomic E-state index is 0.0244. The van der Waals surface area contributed by atoms with Crippen molar-refractivity contribution < 1.29 is 19.2 Å². The van der Waals surface area contributed by atoms with Crippen LogP contribution >= 0.6 is 0 Å².